The lowest BCUT2D eigenvalue weighted by molar-refractivity contribution is 0.416. The molecule has 0 unspecified atom stereocenters. The molecule has 0 saturated heterocycles. The van der Waals surface area contributed by atoms with Gasteiger partial charge in [-0.05, 0) is 30.8 Å². The molecule has 0 aliphatic carbocycles. The van der Waals surface area contributed by atoms with E-state index in [1.807, 2.05) is 47.0 Å². The van der Waals surface area contributed by atoms with Gasteiger partial charge in [-0.1, -0.05) is 23.7 Å². The van der Waals surface area contributed by atoms with Crippen LogP contribution in [0.25, 0.3) is 16.9 Å². The number of halogens is 1. The van der Waals surface area contributed by atoms with Gasteiger partial charge < -0.3 is 14.9 Å². The zero-order valence-electron chi connectivity index (χ0n) is 11.7. The van der Waals surface area contributed by atoms with Crippen LogP contribution in [0.3, 0.4) is 0 Å². The van der Waals surface area contributed by atoms with Gasteiger partial charge in [0.05, 0.1) is 23.5 Å². The Morgan fingerprint density at radius 3 is 2.81 bits per heavy atom. The highest BCUT2D eigenvalue weighted by Gasteiger charge is 2.17. The number of rotatable bonds is 4. The van der Waals surface area contributed by atoms with Crippen molar-refractivity contribution in [3.8, 4) is 17.0 Å². The molecule has 0 aliphatic rings. The van der Waals surface area contributed by atoms with Crippen LogP contribution in [0.1, 0.15) is 5.69 Å². The zero-order valence-corrected chi connectivity index (χ0v) is 12.5. The number of hydrogen-bond donors (Lipinski definition) is 1. The fourth-order valence-corrected chi connectivity index (χ4v) is 2.72. The molecule has 4 nitrogen and oxygen atoms in total. The Balaban J connectivity index is 2.31. The molecule has 21 heavy (non-hydrogen) atoms. The van der Waals surface area contributed by atoms with Crippen LogP contribution in [-0.4, -0.2) is 23.0 Å². The van der Waals surface area contributed by atoms with Gasteiger partial charge in [-0.15, -0.1) is 0 Å². The van der Waals surface area contributed by atoms with Gasteiger partial charge in [0.25, 0.3) is 0 Å². The fraction of sp³-hybridized carbons (Fsp3) is 0.188. The van der Waals surface area contributed by atoms with E-state index in [-0.39, 0.29) is 0 Å². The lowest BCUT2D eigenvalue weighted by atomic mass is 10.1. The zero-order chi connectivity index (χ0) is 14.8. The van der Waals surface area contributed by atoms with Crippen LogP contribution in [0, 0.1) is 0 Å². The summed E-state index contributed by atoms with van der Waals surface area (Å²) in [6.07, 6.45) is 2.67. The normalized spacial score (nSPS) is 11.0. The molecule has 3 rings (SSSR count). The largest absolute Gasteiger partial charge is 0.496 e. The quantitative estimate of drug-likeness (QED) is 0.805. The van der Waals surface area contributed by atoms with E-state index in [4.69, 9.17) is 27.1 Å². The van der Waals surface area contributed by atoms with Gasteiger partial charge in [0, 0.05) is 18.2 Å². The minimum absolute atomic E-state index is 0.544. The summed E-state index contributed by atoms with van der Waals surface area (Å²) in [5.41, 5.74) is 9.36. The number of imidazole rings is 1. The fourth-order valence-electron chi connectivity index (χ4n) is 2.51. The third-order valence-electron chi connectivity index (χ3n) is 3.44. The van der Waals surface area contributed by atoms with Crippen molar-refractivity contribution >= 4 is 17.2 Å². The first-order chi connectivity index (χ1) is 10.3. The highest BCUT2D eigenvalue weighted by molar-refractivity contribution is 6.33. The molecule has 1 aromatic carbocycles. The van der Waals surface area contributed by atoms with Crippen LogP contribution in [-0.2, 0) is 6.42 Å². The standard InChI is InChI=1S/C16H16ClN3O/c1-21-14-7-3-2-5-11(14)15-13(8-9-18)20-10-4-6-12(17)16(20)19-15/h2-7,10H,8-9,18H2,1H3. The van der Waals surface area contributed by atoms with Gasteiger partial charge in [-0.25, -0.2) is 4.98 Å². The molecule has 0 radical (unpaired) electrons. The summed E-state index contributed by atoms with van der Waals surface area (Å²) in [7, 11) is 1.66. The SMILES string of the molecule is COc1ccccc1-c1nc2c(Cl)cccn2c1CCN. The average molecular weight is 302 g/mol. The third-order valence-corrected chi connectivity index (χ3v) is 3.74. The highest BCUT2D eigenvalue weighted by atomic mass is 35.5. The van der Waals surface area contributed by atoms with Gasteiger partial charge in [0.1, 0.15) is 5.75 Å². The van der Waals surface area contributed by atoms with E-state index in [1.54, 1.807) is 7.11 Å². The van der Waals surface area contributed by atoms with E-state index in [9.17, 15) is 0 Å². The number of fused-ring (bicyclic) bond motifs is 1. The Labute approximate surface area is 128 Å². The van der Waals surface area contributed by atoms with E-state index in [1.165, 1.54) is 0 Å². The molecule has 0 aliphatic heterocycles. The molecule has 2 aromatic heterocycles. The molecule has 0 spiro atoms. The van der Waals surface area contributed by atoms with Crippen molar-refractivity contribution in [2.45, 2.75) is 6.42 Å². The number of para-hydroxylation sites is 1. The number of ether oxygens (including phenoxy) is 1. The number of aromatic nitrogens is 2. The molecule has 2 N–H and O–H groups in total. The van der Waals surface area contributed by atoms with Gasteiger partial charge in [0.2, 0.25) is 0 Å². The number of benzene rings is 1. The van der Waals surface area contributed by atoms with E-state index < -0.39 is 0 Å². The topological polar surface area (TPSA) is 52.5 Å². The lowest BCUT2D eigenvalue weighted by Gasteiger charge is -2.08. The molecule has 5 heteroatoms. The van der Waals surface area contributed by atoms with Crippen LogP contribution < -0.4 is 10.5 Å². The first kappa shape index (κ1) is 13.9. The summed E-state index contributed by atoms with van der Waals surface area (Å²) < 4.78 is 7.44. The number of nitrogens with two attached hydrogens (primary N) is 1. The van der Waals surface area contributed by atoms with Crippen molar-refractivity contribution in [3.05, 3.63) is 53.3 Å². The van der Waals surface area contributed by atoms with E-state index in [0.717, 1.165) is 34.8 Å². The highest BCUT2D eigenvalue weighted by Crippen LogP contribution is 2.33. The first-order valence-electron chi connectivity index (χ1n) is 6.75. The molecule has 2 heterocycles. The molecule has 0 saturated carbocycles. The van der Waals surface area contributed by atoms with E-state index in [2.05, 4.69) is 0 Å². The summed E-state index contributed by atoms with van der Waals surface area (Å²) in [5.74, 6) is 0.787. The van der Waals surface area contributed by atoms with Crippen LogP contribution in [0.4, 0.5) is 0 Å². The van der Waals surface area contributed by atoms with Crippen molar-refractivity contribution in [2.75, 3.05) is 13.7 Å². The molecular weight excluding hydrogens is 286 g/mol. The van der Waals surface area contributed by atoms with Crippen molar-refractivity contribution in [3.63, 3.8) is 0 Å². The second-order valence-corrected chi connectivity index (χ2v) is 5.10. The molecular formula is C16H16ClN3O. The third kappa shape index (κ3) is 2.37. The second-order valence-electron chi connectivity index (χ2n) is 4.70. The number of nitrogens with zero attached hydrogens (tertiary/aromatic N) is 2. The molecule has 0 fully saturated rings. The lowest BCUT2D eigenvalue weighted by Crippen LogP contribution is -2.06. The second kappa shape index (κ2) is 5.76. The van der Waals surface area contributed by atoms with Gasteiger partial charge in [0.15, 0.2) is 5.65 Å². The monoisotopic (exact) mass is 301 g/mol. The number of methoxy groups -OCH3 is 1. The summed E-state index contributed by atoms with van der Waals surface area (Å²) in [6, 6.07) is 11.6. The minimum atomic E-state index is 0.544. The van der Waals surface area contributed by atoms with Crippen molar-refractivity contribution in [2.24, 2.45) is 5.73 Å². The van der Waals surface area contributed by atoms with Gasteiger partial charge >= 0.3 is 0 Å². The van der Waals surface area contributed by atoms with E-state index in [0.29, 0.717) is 11.6 Å². The van der Waals surface area contributed by atoms with Gasteiger partial charge in [-0.2, -0.15) is 0 Å². The Bertz CT molecular complexity index is 782. The molecule has 108 valence electrons. The van der Waals surface area contributed by atoms with Gasteiger partial charge in [-0.3, -0.25) is 0 Å². The minimum Gasteiger partial charge on any atom is -0.496 e. The smallest absolute Gasteiger partial charge is 0.156 e. The molecule has 0 bridgehead atoms. The maximum Gasteiger partial charge on any atom is 0.156 e. The Hall–Kier alpha value is -2.04. The van der Waals surface area contributed by atoms with Crippen LogP contribution in [0.5, 0.6) is 5.75 Å². The first-order valence-corrected chi connectivity index (χ1v) is 7.13. The molecule has 0 atom stereocenters. The average Bonchev–Trinajstić information content (AvgIpc) is 2.88. The van der Waals surface area contributed by atoms with Crippen LogP contribution in [0.2, 0.25) is 5.02 Å². The Kier molecular flexibility index (Phi) is 3.82. The maximum atomic E-state index is 6.26. The number of hydrogen-bond acceptors (Lipinski definition) is 3. The summed E-state index contributed by atoms with van der Waals surface area (Å²) in [4.78, 5) is 4.71. The predicted molar refractivity (Wildman–Crippen MR) is 84.9 cm³/mol. The van der Waals surface area contributed by atoms with E-state index >= 15 is 0 Å². The summed E-state index contributed by atoms with van der Waals surface area (Å²) >= 11 is 6.26. The van der Waals surface area contributed by atoms with Crippen molar-refractivity contribution in [1.29, 1.82) is 0 Å². The van der Waals surface area contributed by atoms with Crippen molar-refractivity contribution in [1.82, 2.24) is 9.38 Å². The van der Waals surface area contributed by atoms with Crippen LogP contribution in [0.15, 0.2) is 42.6 Å². The Morgan fingerprint density at radius 1 is 1.24 bits per heavy atom. The molecule has 3 aromatic rings. The maximum absolute atomic E-state index is 6.26. The summed E-state index contributed by atoms with van der Waals surface area (Å²) in [5, 5.41) is 0.622. The predicted octanol–water partition coefficient (Wildman–Crippen LogP) is 3.16. The van der Waals surface area contributed by atoms with Crippen molar-refractivity contribution < 1.29 is 4.74 Å². The summed E-state index contributed by atoms with van der Waals surface area (Å²) in [6.45, 7) is 0.544. The Morgan fingerprint density at radius 2 is 2.05 bits per heavy atom. The van der Waals surface area contributed by atoms with Crippen LogP contribution >= 0.6 is 11.6 Å². The molecule has 0 amide bonds. The number of pyridine rings is 1.